The lowest BCUT2D eigenvalue weighted by Gasteiger charge is -2.04. The lowest BCUT2D eigenvalue weighted by atomic mass is 10.4. The van der Waals surface area contributed by atoms with Gasteiger partial charge in [0.05, 0.1) is 15.3 Å². The van der Waals surface area contributed by atoms with Gasteiger partial charge in [-0.3, -0.25) is 4.79 Å². The molecule has 3 nitrogen and oxygen atoms in total. The summed E-state index contributed by atoms with van der Waals surface area (Å²) >= 11 is 4.55. The SMILES string of the molecule is O=C(NCCOCC(F)F)c1ccc(Br)s1. The maximum absolute atomic E-state index is 11.7. The number of rotatable bonds is 6. The van der Waals surface area contributed by atoms with Crippen molar-refractivity contribution < 1.29 is 18.3 Å². The summed E-state index contributed by atoms with van der Waals surface area (Å²) < 4.78 is 28.8. The molecule has 0 spiro atoms. The predicted molar refractivity (Wildman–Crippen MR) is 61.2 cm³/mol. The number of halogens is 3. The van der Waals surface area contributed by atoms with Crippen LogP contribution in [0.5, 0.6) is 0 Å². The molecule has 0 bridgehead atoms. The highest BCUT2D eigenvalue weighted by atomic mass is 79.9. The normalized spacial score (nSPS) is 10.8. The van der Waals surface area contributed by atoms with E-state index < -0.39 is 13.0 Å². The van der Waals surface area contributed by atoms with E-state index in [1.165, 1.54) is 11.3 Å². The van der Waals surface area contributed by atoms with E-state index >= 15 is 0 Å². The molecule has 0 fully saturated rings. The zero-order valence-electron chi connectivity index (χ0n) is 8.21. The number of hydrogen-bond donors (Lipinski definition) is 1. The molecule has 0 aromatic carbocycles. The van der Waals surface area contributed by atoms with Crippen molar-refractivity contribution in [2.45, 2.75) is 6.43 Å². The molecule has 7 heteroatoms. The average molecular weight is 314 g/mol. The first kappa shape index (κ1) is 13.5. The van der Waals surface area contributed by atoms with Crippen LogP contribution in [-0.4, -0.2) is 32.1 Å². The molecule has 0 atom stereocenters. The van der Waals surface area contributed by atoms with Crippen molar-refractivity contribution in [1.82, 2.24) is 5.32 Å². The minimum Gasteiger partial charge on any atom is -0.374 e. The summed E-state index contributed by atoms with van der Waals surface area (Å²) in [6.45, 7) is -0.288. The number of carbonyl (C=O) groups is 1. The molecule has 16 heavy (non-hydrogen) atoms. The monoisotopic (exact) mass is 313 g/mol. The van der Waals surface area contributed by atoms with Gasteiger partial charge in [0.2, 0.25) is 0 Å². The van der Waals surface area contributed by atoms with E-state index in [1.807, 2.05) is 0 Å². The summed E-state index contributed by atoms with van der Waals surface area (Å²) in [5.74, 6) is -0.226. The fraction of sp³-hybridized carbons (Fsp3) is 0.444. The van der Waals surface area contributed by atoms with Gasteiger partial charge in [-0.25, -0.2) is 8.78 Å². The van der Waals surface area contributed by atoms with Gasteiger partial charge < -0.3 is 10.1 Å². The standard InChI is InChI=1S/C9H10BrF2NO2S/c10-7-2-1-6(16-7)9(14)13-3-4-15-5-8(11)12/h1-2,8H,3-5H2,(H,13,14). The molecule has 0 saturated carbocycles. The molecule has 0 saturated heterocycles. The van der Waals surface area contributed by atoms with Crippen molar-refractivity contribution in [3.05, 3.63) is 20.8 Å². The van der Waals surface area contributed by atoms with Gasteiger partial charge in [-0.2, -0.15) is 0 Å². The van der Waals surface area contributed by atoms with Crippen LogP contribution in [0.3, 0.4) is 0 Å². The van der Waals surface area contributed by atoms with Crippen molar-refractivity contribution in [2.75, 3.05) is 19.8 Å². The summed E-state index contributed by atoms with van der Waals surface area (Å²) in [7, 11) is 0. The fourth-order valence-electron chi connectivity index (χ4n) is 0.933. The summed E-state index contributed by atoms with van der Waals surface area (Å²) in [6, 6.07) is 3.46. The smallest absolute Gasteiger partial charge is 0.261 e. The van der Waals surface area contributed by atoms with Crippen LogP contribution in [0.25, 0.3) is 0 Å². The summed E-state index contributed by atoms with van der Waals surface area (Å²) in [5.41, 5.74) is 0. The number of amides is 1. The summed E-state index contributed by atoms with van der Waals surface area (Å²) in [4.78, 5) is 12.0. The molecule has 0 aliphatic carbocycles. The Morgan fingerprint density at radius 2 is 2.31 bits per heavy atom. The third-order valence-corrected chi connectivity index (χ3v) is 3.20. The van der Waals surface area contributed by atoms with Crippen molar-refractivity contribution in [2.24, 2.45) is 0 Å². The molecule has 0 radical (unpaired) electrons. The van der Waals surface area contributed by atoms with E-state index in [9.17, 15) is 13.6 Å². The lowest BCUT2D eigenvalue weighted by Crippen LogP contribution is -2.27. The molecule has 90 valence electrons. The molecule has 1 N–H and O–H groups in total. The Morgan fingerprint density at radius 3 is 2.88 bits per heavy atom. The molecule has 0 unspecified atom stereocenters. The van der Waals surface area contributed by atoms with Crippen LogP contribution >= 0.6 is 27.3 Å². The highest BCUT2D eigenvalue weighted by Crippen LogP contribution is 2.21. The fourth-order valence-corrected chi connectivity index (χ4v) is 2.24. The number of nitrogens with one attached hydrogen (secondary N) is 1. The maximum atomic E-state index is 11.7. The third-order valence-electron chi connectivity index (χ3n) is 1.57. The molecule has 0 aliphatic heterocycles. The van der Waals surface area contributed by atoms with Gasteiger partial charge in [0.25, 0.3) is 12.3 Å². The molecule has 1 amide bonds. The van der Waals surface area contributed by atoms with Gasteiger partial charge in [-0.1, -0.05) is 0 Å². The Kier molecular flexibility index (Phi) is 5.86. The van der Waals surface area contributed by atoms with Crippen molar-refractivity contribution in [3.63, 3.8) is 0 Å². The molecular weight excluding hydrogens is 304 g/mol. The third kappa shape index (κ3) is 5.00. The Balaban J connectivity index is 2.16. The Bertz CT molecular complexity index is 346. The second-order valence-corrected chi connectivity index (χ2v) is 5.29. The zero-order valence-corrected chi connectivity index (χ0v) is 10.6. The van der Waals surface area contributed by atoms with Crippen molar-refractivity contribution in [1.29, 1.82) is 0 Å². The van der Waals surface area contributed by atoms with E-state index in [0.29, 0.717) is 4.88 Å². The minimum atomic E-state index is -2.47. The summed E-state index contributed by atoms with van der Waals surface area (Å²) in [6.07, 6.45) is -2.47. The van der Waals surface area contributed by atoms with E-state index in [0.717, 1.165) is 3.79 Å². The Labute approximate surface area is 104 Å². The van der Waals surface area contributed by atoms with Gasteiger partial charge in [-0.05, 0) is 28.1 Å². The number of hydrogen-bond acceptors (Lipinski definition) is 3. The van der Waals surface area contributed by atoms with E-state index in [-0.39, 0.29) is 19.1 Å². The van der Waals surface area contributed by atoms with Crippen LogP contribution in [-0.2, 0) is 4.74 Å². The number of carbonyl (C=O) groups excluding carboxylic acids is 1. The van der Waals surface area contributed by atoms with Crippen molar-refractivity contribution >= 4 is 33.2 Å². The number of thiophene rings is 1. The van der Waals surface area contributed by atoms with Crippen LogP contribution < -0.4 is 5.32 Å². The van der Waals surface area contributed by atoms with Crippen LogP contribution in [0, 0.1) is 0 Å². The van der Waals surface area contributed by atoms with Gasteiger partial charge in [0, 0.05) is 6.54 Å². The Hall–Kier alpha value is -0.530. The van der Waals surface area contributed by atoms with Gasteiger partial charge in [0.1, 0.15) is 6.61 Å². The molecule has 0 aliphatic rings. The van der Waals surface area contributed by atoms with Gasteiger partial charge in [-0.15, -0.1) is 11.3 Å². The predicted octanol–water partition coefficient (Wildman–Crippen LogP) is 2.52. The van der Waals surface area contributed by atoms with Gasteiger partial charge in [0.15, 0.2) is 0 Å². The Morgan fingerprint density at radius 1 is 1.56 bits per heavy atom. The van der Waals surface area contributed by atoms with Crippen LogP contribution in [0.15, 0.2) is 15.9 Å². The zero-order chi connectivity index (χ0) is 12.0. The lowest BCUT2D eigenvalue weighted by molar-refractivity contribution is 0.0188. The van der Waals surface area contributed by atoms with E-state index in [4.69, 9.17) is 0 Å². The van der Waals surface area contributed by atoms with Crippen LogP contribution in [0.2, 0.25) is 0 Å². The molecule has 1 heterocycles. The highest BCUT2D eigenvalue weighted by molar-refractivity contribution is 9.11. The largest absolute Gasteiger partial charge is 0.374 e. The summed E-state index contributed by atoms with van der Waals surface area (Å²) in [5, 5.41) is 2.57. The van der Waals surface area contributed by atoms with E-state index in [2.05, 4.69) is 26.0 Å². The quantitative estimate of drug-likeness (QED) is 0.820. The van der Waals surface area contributed by atoms with Crippen molar-refractivity contribution in [3.8, 4) is 0 Å². The maximum Gasteiger partial charge on any atom is 0.261 e. The average Bonchev–Trinajstić information content (AvgIpc) is 2.63. The number of alkyl halides is 2. The van der Waals surface area contributed by atoms with Gasteiger partial charge >= 0.3 is 0 Å². The topological polar surface area (TPSA) is 38.3 Å². The number of ether oxygens (including phenoxy) is 1. The molecule has 1 aromatic rings. The first-order valence-corrected chi connectivity index (χ1v) is 6.10. The highest BCUT2D eigenvalue weighted by Gasteiger charge is 2.07. The molecule has 1 rings (SSSR count). The van der Waals surface area contributed by atoms with E-state index in [1.54, 1.807) is 12.1 Å². The second-order valence-electron chi connectivity index (χ2n) is 2.83. The first-order valence-electron chi connectivity index (χ1n) is 4.49. The first-order chi connectivity index (χ1) is 7.59. The van der Waals surface area contributed by atoms with Crippen LogP contribution in [0.4, 0.5) is 8.78 Å². The second kappa shape index (κ2) is 6.93. The van der Waals surface area contributed by atoms with Crippen LogP contribution in [0.1, 0.15) is 9.67 Å². The minimum absolute atomic E-state index is 0.0859. The molecule has 1 aromatic heterocycles. The molecular formula is C9H10BrF2NO2S.